The summed E-state index contributed by atoms with van der Waals surface area (Å²) in [5.74, 6) is -0.770. The molecule has 0 amide bonds. The first-order valence-electron chi connectivity index (χ1n) is 4.73. The van der Waals surface area contributed by atoms with Gasteiger partial charge in [-0.3, -0.25) is 0 Å². The predicted octanol–water partition coefficient (Wildman–Crippen LogP) is 1.60. The zero-order valence-electron chi connectivity index (χ0n) is 8.97. The number of ether oxygens (including phenoxy) is 1. The lowest BCUT2D eigenvalue weighted by Gasteiger charge is -2.17. The Bertz CT molecular complexity index is 352. The maximum Gasteiger partial charge on any atom is 0.360 e. The van der Waals surface area contributed by atoms with Crippen LogP contribution < -0.4 is 4.74 Å². The van der Waals surface area contributed by atoms with Crippen molar-refractivity contribution in [2.45, 2.75) is 26.9 Å². The minimum Gasteiger partial charge on any atom is -0.476 e. The number of aromatic nitrogens is 2. The second kappa shape index (κ2) is 4.72. The Morgan fingerprint density at radius 2 is 1.93 bits per heavy atom. The third-order valence-electron chi connectivity index (χ3n) is 2.10. The van der Waals surface area contributed by atoms with Crippen LogP contribution in [0.3, 0.4) is 0 Å². The maximum atomic E-state index is 10.8. The van der Waals surface area contributed by atoms with Crippen LogP contribution >= 0.6 is 0 Å². The van der Waals surface area contributed by atoms with Gasteiger partial charge in [0.25, 0.3) is 0 Å². The summed E-state index contributed by atoms with van der Waals surface area (Å²) in [5.41, 5.74) is -0.148. The van der Waals surface area contributed by atoms with Crippen LogP contribution in [0.1, 0.15) is 31.3 Å². The fraction of sp³-hybridized carbons (Fsp3) is 0.500. The van der Waals surface area contributed by atoms with Crippen molar-refractivity contribution in [3.8, 4) is 5.88 Å². The van der Waals surface area contributed by atoms with E-state index in [0.717, 1.165) is 0 Å². The molecule has 1 aromatic rings. The third kappa shape index (κ3) is 2.90. The van der Waals surface area contributed by atoms with Crippen molar-refractivity contribution in [3.05, 3.63) is 18.1 Å². The van der Waals surface area contributed by atoms with Gasteiger partial charge in [0.15, 0.2) is 0 Å². The molecule has 5 nitrogen and oxygen atoms in total. The van der Waals surface area contributed by atoms with Crippen LogP contribution in [0.25, 0.3) is 0 Å². The van der Waals surface area contributed by atoms with Gasteiger partial charge in [0.2, 0.25) is 11.6 Å². The summed E-state index contributed by atoms with van der Waals surface area (Å²) in [5, 5.41) is 8.83. The first-order chi connectivity index (χ1) is 7.02. The van der Waals surface area contributed by atoms with E-state index in [-0.39, 0.29) is 23.6 Å². The molecule has 0 spiro atoms. The van der Waals surface area contributed by atoms with Gasteiger partial charge in [0, 0.05) is 12.4 Å². The lowest BCUT2D eigenvalue weighted by Crippen LogP contribution is -2.21. The summed E-state index contributed by atoms with van der Waals surface area (Å²) in [4.78, 5) is 18.4. The van der Waals surface area contributed by atoms with Gasteiger partial charge < -0.3 is 9.84 Å². The zero-order chi connectivity index (χ0) is 11.4. The fourth-order valence-electron chi connectivity index (χ4n) is 0.870. The Hall–Kier alpha value is -1.65. The number of rotatable bonds is 4. The molecule has 1 aromatic heterocycles. The summed E-state index contributed by atoms with van der Waals surface area (Å²) in [6, 6.07) is 0. The average Bonchev–Trinajstić information content (AvgIpc) is 2.18. The van der Waals surface area contributed by atoms with Crippen LogP contribution in [0.15, 0.2) is 12.4 Å². The summed E-state index contributed by atoms with van der Waals surface area (Å²) in [6.07, 6.45) is 2.64. The molecule has 1 N–H and O–H groups in total. The van der Waals surface area contributed by atoms with Crippen molar-refractivity contribution in [1.82, 2.24) is 9.97 Å². The average molecular weight is 210 g/mol. The number of hydrogen-bond acceptors (Lipinski definition) is 4. The number of carboxylic acid groups (broad SMARTS) is 1. The molecule has 1 unspecified atom stereocenters. The molecule has 0 bridgehead atoms. The summed E-state index contributed by atoms with van der Waals surface area (Å²) in [7, 11) is 0. The van der Waals surface area contributed by atoms with E-state index in [1.807, 2.05) is 20.8 Å². The molecule has 0 aliphatic heterocycles. The van der Waals surface area contributed by atoms with Gasteiger partial charge in [-0.25, -0.2) is 14.8 Å². The Labute approximate surface area is 88.1 Å². The smallest absolute Gasteiger partial charge is 0.360 e. The van der Waals surface area contributed by atoms with Crippen molar-refractivity contribution in [1.29, 1.82) is 0 Å². The maximum absolute atomic E-state index is 10.8. The normalized spacial score (nSPS) is 12.5. The third-order valence-corrected chi connectivity index (χ3v) is 2.10. The first kappa shape index (κ1) is 11.4. The van der Waals surface area contributed by atoms with Crippen LogP contribution in [0.2, 0.25) is 0 Å². The van der Waals surface area contributed by atoms with E-state index < -0.39 is 5.97 Å². The molecule has 0 saturated heterocycles. The molecular formula is C10H14N2O3. The van der Waals surface area contributed by atoms with Crippen LogP contribution in [-0.2, 0) is 0 Å². The van der Waals surface area contributed by atoms with Crippen LogP contribution in [0, 0.1) is 5.92 Å². The van der Waals surface area contributed by atoms with Crippen LogP contribution in [0.5, 0.6) is 5.88 Å². The zero-order valence-corrected chi connectivity index (χ0v) is 8.97. The second-order valence-electron chi connectivity index (χ2n) is 3.58. The Morgan fingerprint density at radius 3 is 2.47 bits per heavy atom. The molecule has 15 heavy (non-hydrogen) atoms. The van der Waals surface area contributed by atoms with E-state index in [1.54, 1.807) is 0 Å². The minimum absolute atomic E-state index is 0.0752. The van der Waals surface area contributed by atoms with Gasteiger partial charge in [-0.05, 0) is 12.8 Å². The number of carbonyl (C=O) groups is 1. The second-order valence-corrected chi connectivity index (χ2v) is 3.58. The molecule has 82 valence electrons. The molecule has 0 aliphatic carbocycles. The van der Waals surface area contributed by atoms with Gasteiger partial charge in [0.1, 0.15) is 6.10 Å². The first-order valence-corrected chi connectivity index (χ1v) is 4.73. The van der Waals surface area contributed by atoms with Crippen molar-refractivity contribution in [3.63, 3.8) is 0 Å². The predicted molar refractivity (Wildman–Crippen MR) is 53.9 cm³/mol. The van der Waals surface area contributed by atoms with E-state index in [4.69, 9.17) is 9.84 Å². The molecule has 1 atom stereocenters. The van der Waals surface area contributed by atoms with Gasteiger partial charge >= 0.3 is 5.97 Å². The van der Waals surface area contributed by atoms with Gasteiger partial charge in [0.05, 0.1) is 0 Å². The largest absolute Gasteiger partial charge is 0.476 e. The highest BCUT2D eigenvalue weighted by Crippen LogP contribution is 2.16. The molecule has 0 aromatic carbocycles. The van der Waals surface area contributed by atoms with E-state index in [0.29, 0.717) is 0 Å². The van der Waals surface area contributed by atoms with E-state index in [2.05, 4.69) is 9.97 Å². The molecule has 1 heterocycles. The molecule has 0 radical (unpaired) electrons. The fourth-order valence-corrected chi connectivity index (χ4v) is 0.870. The number of aromatic carboxylic acids is 1. The molecule has 0 saturated carbocycles. The van der Waals surface area contributed by atoms with Crippen molar-refractivity contribution >= 4 is 5.97 Å². The van der Waals surface area contributed by atoms with Crippen molar-refractivity contribution in [2.75, 3.05) is 0 Å². The molecular weight excluding hydrogens is 196 g/mol. The van der Waals surface area contributed by atoms with E-state index >= 15 is 0 Å². The lowest BCUT2D eigenvalue weighted by atomic mass is 10.1. The van der Waals surface area contributed by atoms with Crippen molar-refractivity contribution in [2.24, 2.45) is 5.92 Å². The van der Waals surface area contributed by atoms with Crippen LogP contribution in [0.4, 0.5) is 0 Å². The number of carboxylic acids is 1. The van der Waals surface area contributed by atoms with E-state index in [1.165, 1.54) is 12.4 Å². The molecule has 5 heteroatoms. The summed E-state index contributed by atoms with van der Waals surface area (Å²) in [6.45, 7) is 5.84. The quantitative estimate of drug-likeness (QED) is 0.817. The highest BCUT2D eigenvalue weighted by Gasteiger charge is 2.17. The number of hydrogen-bond donors (Lipinski definition) is 1. The Morgan fingerprint density at radius 1 is 1.33 bits per heavy atom. The SMILES string of the molecule is CC(C)C(C)Oc1nccnc1C(=O)O. The van der Waals surface area contributed by atoms with Gasteiger partial charge in [-0.2, -0.15) is 0 Å². The summed E-state index contributed by atoms with van der Waals surface area (Å²) >= 11 is 0. The lowest BCUT2D eigenvalue weighted by molar-refractivity contribution is 0.0677. The van der Waals surface area contributed by atoms with E-state index in [9.17, 15) is 4.79 Å². The minimum atomic E-state index is -1.13. The standard InChI is InChI=1S/C10H14N2O3/c1-6(2)7(3)15-9-8(10(13)14)11-4-5-12-9/h4-7H,1-3H3,(H,13,14). The Kier molecular flexibility index (Phi) is 3.60. The highest BCUT2D eigenvalue weighted by atomic mass is 16.5. The summed E-state index contributed by atoms with van der Waals surface area (Å²) < 4.78 is 5.41. The topological polar surface area (TPSA) is 72.3 Å². The van der Waals surface area contributed by atoms with Crippen LogP contribution in [-0.4, -0.2) is 27.1 Å². The monoisotopic (exact) mass is 210 g/mol. The molecule has 0 aliphatic rings. The highest BCUT2D eigenvalue weighted by molar-refractivity contribution is 5.87. The molecule has 1 rings (SSSR count). The molecule has 0 fully saturated rings. The van der Waals surface area contributed by atoms with Gasteiger partial charge in [-0.15, -0.1) is 0 Å². The number of nitrogens with zero attached hydrogens (tertiary/aromatic N) is 2. The van der Waals surface area contributed by atoms with Gasteiger partial charge in [-0.1, -0.05) is 13.8 Å². The van der Waals surface area contributed by atoms with Crippen molar-refractivity contribution < 1.29 is 14.6 Å². The Balaban J connectivity index is 2.89.